The molecule has 3 N–H and O–H groups in total. The minimum atomic E-state index is -0.245. The molecule has 0 radical (unpaired) electrons. The second kappa shape index (κ2) is 8.17. The molecule has 1 atom stereocenters. The average Bonchev–Trinajstić information content (AvgIpc) is 2.88. The van der Waals surface area contributed by atoms with E-state index in [0.717, 1.165) is 18.5 Å². The van der Waals surface area contributed by atoms with Crippen LogP contribution in [0.25, 0.3) is 0 Å². The number of carbonyl (C=O) groups excluding carboxylic acids is 1. The fraction of sp³-hybridized carbons (Fsp3) is 0.750. The molecule has 2 rings (SSSR count). The summed E-state index contributed by atoms with van der Waals surface area (Å²) in [5.74, 6) is 1.07. The predicted molar refractivity (Wildman–Crippen MR) is 84.8 cm³/mol. The zero-order valence-electron chi connectivity index (χ0n) is 13.5. The molecule has 1 heterocycles. The first kappa shape index (κ1) is 16.8. The number of aliphatic hydroxyl groups excluding tert-OH is 1. The average molecular weight is 309 g/mol. The van der Waals surface area contributed by atoms with Crippen molar-refractivity contribution in [2.24, 2.45) is 5.92 Å². The molecule has 1 fully saturated rings. The number of aromatic nitrogens is 1. The third kappa shape index (κ3) is 4.22. The van der Waals surface area contributed by atoms with Crippen molar-refractivity contribution < 1.29 is 14.4 Å². The van der Waals surface area contributed by atoms with Crippen LogP contribution in [0, 0.1) is 12.8 Å². The number of anilines is 1. The lowest BCUT2D eigenvalue weighted by Crippen LogP contribution is -2.43. The molecule has 2 amide bonds. The fourth-order valence-corrected chi connectivity index (χ4v) is 3.24. The van der Waals surface area contributed by atoms with Gasteiger partial charge in [-0.05, 0) is 38.5 Å². The Hall–Kier alpha value is -1.56. The molecule has 1 unspecified atom stereocenters. The van der Waals surface area contributed by atoms with Gasteiger partial charge in [-0.15, -0.1) is 0 Å². The van der Waals surface area contributed by atoms with E-state index in [4.69, 9.17) is 4.52 Å². The van der Waals surface area contributed by atoms with Crippen LogP contribution in [0.15, 0.2) is 4.52 Å². The summed E-state index contributed by atoms with van der Waals surface area (Å²) in [6, 6.07) is -0.222. The molecule has 1 aromatic heterocycles. The Bertz CT molecular complexity index is 481. The summed E-state index contributed by atoms with van der Waals surface area (Å²) in [4.78, 5) is 12.3. The second-order valence-corrected chi connectivity index (χ2v) is 6.03. The van der Waals surface area contributed by atoms with Crippen LogP contribution in [0.4, 0.5) is 10.5 Å². The van der Waals surface area contributed by atoms with E-state index in [2.05, 4.69) is 15.8 Å². The van der Waals surface area contributed by atoms with Gasteiger partial charge in [-0.1, -0.05) is 31.3 Å². The molecule has 0 saturated heterocycles. The summed E-state index contributed by atoms with van der Waals surface area (Å²) in [6.45, 7) is 3.85. The molecule has 22 heavy (non-hydrogen) atoms. The maximum Gasteiger partial charge on any atom is 0.319 e. The van der Waals surface area contributed by atoms with Crippen molar-refractivity contribution in [3.63, 3.8) is 0 Å². The maximum atomic E-state index is 12.3. The van der Waals surface area contributed by atoms with E-state index < -0.39 is 0 Å². The number of carbonyl (C=O) groups is 1. The fourth-order valence-electron chi connectivity index (χ4n) is 3.24. The minimum absolute atomic E-state index is 0.0237. The maximum absolute atomic E-state index is 12.3. The predicted octanol–water partition coefficient (Wildman–Crippen LogP) is 3.00. The lowest BCUT2D eigenvalue weighted by Gasteiger charge is -2.30. The monoisotopic (exact) mass is 309 g/mol. The van der Waals surface area contributed by atoms with Gasteiger partial charge in [0.15, 0.2) is 5.76 Å². The Morgan fingerprint density at radius 2 is 2.14 bits per heavy atom. The van der Waals surface area contributed by atoms with Crippen molar-refractivity contribution in [3.05, 3.63) is 11.5 Å². The van der Waals surface area contributed by atoms with Gasteiger partial charge in [-0.3, -0.25) is 0 Å². The molecule has 0 bridgehead atoms. The Kier molecular flexibility index (Phi) is 6.24. The quantitative estimate of drug-likeness (QED) is 0.754. The normalized spacial score (nSPS) is 17.2. The molecule has 6 nitrogen and oxygen atoms in total. The highest BCUT2D eigenvalue weighted by Gasteiger charge is 2.25. The number of nitrogens with one attached hydrogen (secondary N) is 2. The van der Waals surface area contributed by atoms with Crippen molar-refractivity contribution in [1.82, 2.24) is 10.5 Å². The highest BCUT2D eigenvalue weighted by atomic mass is 16.5. The molecule has 0 aliphatic heterocycles. The summed E-state index contributed by atoms with van der Waals surface area (Å²) >= 11 is 0. The van der Waals surface area contributed by atoms with Crippen LogP contribution in [0.5, 0.6) is 0 Å². The molecule has 0 aromatic carbocycles. The lowest BCUT2D eigenvalue weighted by atomic mass is 9.83. The zero-order valence-corrected chi connectivity index (χ0v) is 13.5. The van der Waals surface area contributed by atoms with E-state index in [-0.39, 0.29) is 18.7 Å². The number of hydrogen-bond donors (Lipinski definition) is 3. The van der Waals surface area contributed by atoms with Gasteiger partial charge >= 0.3 is 6.03 Å². The van der Waals surface area contributed by atoms with Crippen molar-refractivity contribution in [2.45, 2.75) is 64.8 Å². The molecular weight excluding hydrogens is 282 g/mol. The van der Waals surface area contributed by atoms with Crippen molar-refractivity contribution in [1.29, 1.82) is 0 Å². The summed E-state index contributed by atoms with van der Waals surface area (Å²) in [7, 11) is 0. The van der Waals surface area contributed by atoms with Crippen molar-refractivity contribution in [3.8, 4) is 0 Å². The number of aryl methyl sites for hydroxylation is 2. The zero-order chi connectivity index (χ0) is 15.9. The number of hydrogen-bond acceptors (Lipinski definition) is 4. The van der Waals surface area contributed by atoms with Crippen molar-refractivity contribution in [2.75, 3.05) is 11.9 Å². The van der Waals surface area contributed by atoms with Crippen LogP contribution in [0.3, 0.4) is 0 Å². The molecule has 1 aliphatic carbocycles. The smallest absolute Gasteiger partial charge is 0.319 e. The summed E-state index contributed by atoms with van der Waals surface area (Å²) < 4.78 is 5.12. The summed E-state index contributed by atoms with van der Waals surface area (Å²) in [5, 5.41) is 19.1. The molecule has 0 spiro atoms. The Morgan fingerprint density at radius 1 is 1.41 bits per heavy atom. The Morgan fingerprint density at radius 3 is 2.77 bits per heavy atom. The van der Waals surface area contributed by atoms with E-state index in [9.17, 15) is 9.90 Å². The largest absolute Gasteiger partial charge is 0.396 e. The molecule has 6 heteroatoms. The first-order valence-corrected chi connectivity index (χ1v) is 8.29. The van der Waals surface area contributed by atoms with Crippen LogP contribution < -0.4 is 10.6 Å². The standard InChI is InChI=1S/C16H27N3O3/c1-3-13-15(11(2)22-19-13)18-16(21)17-14(9-10-20)12-7-5-4-6-8-12/h12,14,20H,3-10H2,1-2H3,(H2,17,18,21). The molecule has 1 aliphatic rings. The van der Waals surface area contributed by atoms with Crippen molar-refractivity contribution >= 4 is 11.7 Å². The highest BCUT2D eigenvalue weighted by Crippen LogP contribution is 2.28. The van der Waals surface area contributed by atoms with Gasteiger partial charge in [0.2, 0.25) is 0 Å². The highest BCUT2D eigenvalue weighted by molar-refractivity contribution is 5.90. The van der Waals surface area contributed by atoms with Gasteiger partial charge in [0.05, 0.1) is 0 Å². The van der Waals surface area contributed by atoms with Crippen LogP contribution in [-0.4, -0.2) is 28.9 Å². The lowest BCUT2D eigenvalue weighted by molar-refractivity contribution is 0.202. The number of nitrogens with zero attached hydrogens (tertiary/aromatic N) is 1. The second-order valence-electron chi connectivity index (χ2n) is 6.03. The minimum Gasteiger partial charge on any atom is -0.396 e. The first-order chi connectivity index (χ1) is 10.7. The van der Waals surface area contributed by atoms with E-state index in [1.807, 2.05) is 6.92 Å². The van der Waals surface area contributed by atoms with E-state index in [1.54, 1.807) is 6.92 Å². The van der Waals surface area contributed by atoms with E-state index in [1.165, 1.54) is 19.3 Å². The Balaban J connectivity index is 1.96. The van der Waals surface area contributed by atoms with E-state index in [0.29, 0.717) is 30.2 Å². The van der Waals surface area contributed by atoms with Gasteiger partial charge in [-0.25, -0.2) is 4.79 Å². The molecular formula is C16H27N3O3. The molecule has 124 valence electrons. The number of rotatable bonds is 6. The topological polar surface area (TPSA) is 87.4 Å². The third-order valence-corrected chi connectivity index (χ3v) is 4.48. The van der Waals surface area contributed by atoms with Gasteiger partial charge in [-0.2, -0.15) is 0 Å². The van der Waals surface area contributed by atoms with Crippen LogP contribution in [0.2, 0.25) is 0 Å². The summed E-state index contributed by atoms with van der Waals surface area (Å²) in [5.41, 5.74) is 1.41. The van der Waals surface area contributed by atoms with Crippen LogP contribution in [0.1, 0.15) is 56.9 Å². The van der Waals surface area contributed by atoms with Crippen LogP contribution >= 0.6 is 0 Å². The van der Waals surface area contributed by atoms with Gasteiger partial charge in [0, 0.05) is 12.6 Å². The van der Waals surface area contributed by atoms with Gasteiger partial charge in [0.25, 0.3) is 0 Å². The number of urea groups is 1. The van der Waals surface area contributed by atoms with Crippen LogP contribution in [-0.2, 0) is 6.42 Å². The number of amides is 2. The molecule has 1 aromatic rings. The Labute approximate surface area is 131 Å². The first-order valence-electron chi connectivity index (χ1n) is 8.29. The third-order valence-electron chi connectivity index (χ3n) is 4.48. The van der Waals surface area contributed by atoms with Gasteiger partial charge < -0.3 is 20.3 Å². The summed E-state index contributed by atoms with van der Waals surface area (Å²) in [6.07, 6.45) is 7.24. The van der Waals surface area contributed by atoms with Gasteiger partial charge in [0.1, 0.15) is 11.4 Å². The van der Waals surface area contributed by atoms with E-state index >= 15 is 0 Å². The molecule has 1 saturated carbocycles. The number of aliphatic hydroxyl groups is 1. The SMILES string of the molecule is CCc1noc(C)c1NC(=O)NC(CCO)C1CCCCC1.